The van der Waals surface area contributed by atoms with Crippen LogP contribution in [0.4, 0.5) is 5.69 Å². The molecule has 0 bridgehead atoms. The van der Waals surface area contributed by atoms with Gasteiger partial charge in [0.25, 0.3) is 0 Å². The van der Waals surface area contributed by atoms with Crippen LogP contribution in [0.3, 0.4) is 0 Å². The standard InChI is InChI=1S/C17H15N3O2/c1-19(13-7-3-2-4-8-13)17(22)11-20-15-10-6-5-9-14(15)18-16(20)12-21/h2-10,12H,11H2,1H3. The van der Waals surface area contributed by atoms with Crippen molar-refractivity contribution in [3.05, 3.63) is 60.4 Å². The lowest BCUT2D eigenvalue weighted by Gasteiger charge is -2.18. The number of amides is 1. The Morgan fingerprint density at radius 2 is 1.82 bits per heavy atom. The van der Waals surface area contributed by atoms with Crippen molar-refractivity contribution in [1.82, 2.24) is 9.55 Å². The second-order valence-corrected chi connectivity index (χ2v) is 4.95. The first kappa shape index (κ1) is 14.0. The zero-order chi connectivity index (χ0) is 15.5. The molecule has 0 saturated carbocycles. The van der Waals surface area contributed by atoms with Crippen LogP contribution in [0.5, 0.6) is 0 Å². The van der Waals surface area contributed by atoms with Gasteiger partial charge in [0.2, 0.25) is 5.91 Å². The van der Waals surface area contributed by atoms with Crippen LogP contribution >= 0.6 is 0 Å². The van der Waals surface area contributed by atoms with E-state index < -0.39 is 0 Å². The number of likely N-dealkylation sites (N-methyl/N-ethyl adjacent to an activating group) is 1. The summed E-state index contributed by atoms with van der Waals surface area (Å²) in [6.45, 7) is 0.0694. The van der Waals surface area contributed by atoms with Crippen molar-refractivity contribution in [3.8, 4) is 0 Å². The number of para-hydroxylation sites is 3. The van der Waals surface area contributed by atoms with Gasteiger partial charge in [-0.15, -0.1) is 0 Å². The molecular weight excluding hydrogens is 278 g/mol. The van der Waals surface area contributed by atoms with Crippen LogP contribution in [0.15, 0.2) is 54.6 Å². The third-order valence-electron chi connectivity index (χ3n) is 3.60. The van der Waals surface area contributed by atoms with Gasteiger partial charge in [-0.25, -0.2) is 4.98 Å². The molecule has 0 saturated heterocycles. The Morgan fingerprint density at radius 1 is 1.14 bits per heavy atom. The molecule has 0 atom stereocenters. The molecule has 2 aromatic carbocycles. The van der Waals surface area contributed by atoms with Gasteiger partial charge in [0, 0.05) is 12.7 Å². The molecule has 0 spiro atoms. The molecule has 0 N–H and O–H groups in total. The van der Waals surface area contributed by atoms with Crippen molar-refractivity contribution in [2.24, 2.45) is 0 Å². The minimum Gasteiger partial charge on any atom is -0.314 e. The normalized spacial score (nSPS) is 10.6. The minimum absolute atomic E-state index is 0.0694. The van der Waals surface area contributed by atoms with E-state index in [0.717, 1.165) is 11.2 Å². The van der Waals surface area contributed by atoms with Gasteiger partial charge in [-0.1, -0.05) is 30.3 Å². The smallest absolute Gasteiger partial charge is 0.246 e. The van der Waals surface area contributed by atoms with Gasteiger partial charge in [0.1, 0.15) is 6.54 Å². The molecule has 0 aliphatic carbocycles. The molecule has 0 unspecified atom stereocenters. The predicted molar refractivity (Wildman–Crippen MR) is 85.0 cm³/mol. The second-order valence-electron chi connectivity index (χ2n) is 4.95. The highest BCUT2D eigenvalue weighted by Crippen LogP contribution is 2.17. The quantitative estimate of drug-likeness (QED) is 0.695. The van der Waals surface area contributed by atoms with Crippen LogP contribution in [-0.2, 0) is 11.3 Å². The number of carbonyl (C=O) groups excluding carboxylic acids is 2. The molecule has 0 fully saturated rings. The fourth-order valence-corrected chi connectivity index (χ4v) is 2.39. The molecule has 3 rings (SSSR count). The molecule has 1 aromatic heterocycles. The van der Waals surface area contributed by atoms with Crippen molar-refractivity contribution in [2.75, 3.05) is 11.9 Å². The van der Waals surface area contributed by atoms with Gasteiger partial charge in [0.05, 0.1) is 11.0 Å². The molecule has 0 radical (unpaired) electrons. The zero-order valence-electron chi connectivity index (χ0n) is 12.1. The Kier molecular flexibility index (Phi) is 3.70. The number of imidazole rings is 1. The lowest BCUT2D eigenvalue weighted by atomic mass is 10.3. The minimum atomic E-state index is -0.113. The fraction of sp³-hybridized carbons (Fsp3) is 0.118. The van der Waals surface area contributed by atoms with E-state index in [1.807, 2.05) is 54.6 Å². The third-order valence-corrected chi connectivity index (χ3v) is 3.60. The highest BCUT2D eigenvalue weighted by Gasteiger charge is 2.16. The van der Waals surface area contributed by atoms with Crippen molar-refractivity contribution in [1.29, 1.82) is 0 Å². The maximum absolute atomic E-state index is 12.5. The maximum Gasteiger partial charge on any atom is 0.246 e. The van der Waals surface area contributed by atoms with E-state index in [2.05, 4.69) is 4.98 Å². The van der Waals surface area contributed by atoms with Crippen LogP contribution < -0.4 is 4.90 Å². The Balaban J connectivity index is 1.93. The van der Waals surface area contributed by atoms with Crippen molar-refractivity contribution < 1.29 is 9.59 Å². The lowest BCUT2D eigenvalue weighted by Crippen LogP contribution is -2.30. The summed E-state index contributed by atoms with van der Waals surface area (Å²) in [5, 5.41) is 0. The number of hydrogen-bond acceptors (Lipinski definition) is 3. The van der Waals surface area contributed by atoms with Crippen LogP contribution in [0, 0.1) is 0 Å². The zero-order valence-corrected chi connectivity index (χ0v) is 12.1. The summed E-state index contributed by atoms with van der Waals surface area (Å²) in [5.74, 6) is 0.147. The van der Waals surface area contributed by atoms with Crippen molar-refractivity contribution in [3.63, 3.8) is 0 Å². The average Bonchev–Trinajstić information content (AvgIpc) is 2.93. The topological polar surface area (TPSA) is 55.2 Å². The van der Waals surface area contributed by atoms with E-state index in [1.54, 1.807) is 16.5 Å². The van der Waals surface area contributed by atoms with E-state index in [0.29, 0.717) is 11.8 Å². The number of anilines is 1. The van der Waals surface area contributed by atoms with Crippen molar-refractivity contribution in [2.45, 2.75) is 6.54 Å². The monoisotopic (exact) mass is 293 g/mol. The molecule has 22 heavy (non-hydrogen) atoms. The number of fused-ring (bicyclic) bond motifs is 1. The molecule has 0 aliphatic rings. The number of nitrogens with zero attached hydrogens (tertiary/aromatic N) is 3. The molecule has 0 aliphatic heterocycles. The van der Waals surface area contributed by atoms with Crippen LogP contribution in [0.25, 0.3) is 11.0 Å². The highest BCUT2D eigenvalue weighted by atomic mass is 16.2. The first-order valence-electron chi connectivity index (χ1n) is 6.93. The summed E-state index contributed by atoms with van der Waals surface area (Å²) in [4.78, 5) is 29.5. The Morgan fingerprint density at radius 3 is 2.55 bits per heavy atom. The molecule has 110 valence electrons. The number of aromatic nitrogens is 2. The number of carbonyl (C=O) groups is 2. The van der Waals surface area contributed by atoms with Gasteiger partial charge < -0.3 is 9.47 Å². The first-order valence-corrected chi connectivity index (χ1v) is 6.93. The predicted octanol–water partition coefficient (Wildman–Crippen LogP) is 2.51. The van der Waals surface area contributed by atoms with Gasteiger partial charge in [0.15, 0.2) is 12.1 Å². The largest absolute Gasteiger partial charge is 0.314 e. The summed E-state index contributed by atoms with van der Waals surface area (Å²) < 4.78 is 1.64. The van der Waals surface area contributed by atoms with Gasteiger partial charge in [-0.3, -0.25) is 9.59 Å². The van der Waals surface area contributed by atoms with E-state index in [-0.39, 0.29) is 18.3 Å². The maximum atomic E-state index is 12.5. The summed E-state index contributed by atoms with van der Waals surface area (Å²) in [6.07, 6.45) is 0.676. The van der Waals surface area contributed by atoms with Crippen LogP contribution in [0.1, 0.15) is 10.6 Å². The molecule has 1 heterocycles. The van der Waals surface area contributed by atoms with E-state index >= 15 is 0 Å². The summed E-state index contributed by atoms with van der Waals surface area (Å²) in [5.41, 5.74) is 2.30. The fourth-order valence-electron chi connectivity index (χ4n) is 2.39. The number of benzene rings is 2. The van der Waals surface area contributed by atoms with Crippen LogP contribution in [0.2, 0.25) is 0 Å². The number of rotatable bonds is 4. The number of aldehydes is 1. The summed E-state index contributed by atoms with van der Waals surface area (Å²) >= 11 is 0. The first-order chi connectivity index (χ1) is 10.7. The molecule has 5 heteroatoms. The summed E-state index contributed by atoms with van der Waals surface area (Å²) in [6, 6.07) is 16.8. The average molecular weight is 293 g/mol. The number of hydrogen-bond donors (Lipinski definition) is 0. The lowest BCUT2D eigenvalue weighted by molar-refractivity contribution is -0.118. The molecule has 3 aromatic rings. The van der Waals surface area contributed by atoms with Crippen molar-refractivity contribution >= 4 is 28.9 Å². The Hall–Kier alpha value is -2.95. The molecule has 5 nitrogen and oxygen atoms in total. The molecular formula is C17H15N3O2. The highest BCUT2D eigenvalue weighted by molar-refractivity contribution is 5.94. The Labute approximate surface area is 127 Å². The van der Waals surface area contributed by atoms with E-state index in [9.17, 15) is 9.59 Å². The third kappa shape index (κ3) is 2.48. The molecule has 1 amide bonds. The van der Waals surface area contributed by atoms with Gasteiger partial charge >= 0.3 is 0 Å². The van der Waals surface area contributed by atoms with E-state index in [4.69, 9.17) is 0 Å². The van der Waals surface area contributed by atoms with Gasteiger partial charge in [-0.05, 0) is 24.3 Å². The van der Waals surface area contributed by atoms with E-state index in [1.165, 1.54) is 0 Å². The Bertz CT molecular complexity index is 824. The SMILES string of the molecule is CN(C(=O)Cn1c(C=O)nc2ccccc21)c1ccccc1. The second kappa shape index (κ2) is 5.81. The summed E-state index contributed by atoms with van der Waals surface area (Å²) in [7, 11) is 1.72. The van der Waals surface area contributed by atoms with Crippen LogP contribution in [-0.4, -0.2) is 28.8 Å². The van der Waals surface area contributed by atoms with Gasteiger partial charge in [-0.2, -0.15) is 0 Å².